The van der Waals surface area contributed by atoms with Gasteiger partial charge in [0.05, 0.1) is 0 Å². The molecule has 0 heterocycles. The maximum atomic E-state index is 4.03. The van der Waals surface area contributed by atoms with Crippen LogP contribution in [-0.4, -0.2) is 18.4 Å². The van der Waals surface area contributed by atoms with Crippen molar-refractivity contribution in [3.05, 3.63) is 29.8 Å². The van der Waals surface area contributed by atoms with E-state index < -0.39 is 18.4 Å². The van der Waals surface area contributed by atoms with Gasteiger partial charge in [-0.05, 0) is 0 Å². The van der Waals surface area contributed by atoms with Crippen LogP contribution in [0.1, 0.15) is 45.1 Å². The molecule has 0 saturated heterocycles. The molecular formula is C16H30NSn+. The first-order valence-corrected chi connectivity index (χ1v) is 15.9. The Morgan fingerprint density at radius 1 is 1.06 bits per heavy atom. The summed E-state index contributed by atoms with van der Waals surface area (Å²) in [6.07, 6.45) is 5.52. The van der Waals surface area contributed by atoms with Crippen molar-refractivity contribution in [1.82, 2.24) is 0 Å². The summed E-state index contributed by atoms with van der Waals surface area (Å²) in [6, 6.07) is 9.35. The Morgan fingerprint density at radius 3 is 2.17 bits per heavy atom. The molecule has 3 N–H and O–H groups in total. The third-order valence-electron chi connectivity index (χ3n) is 4.08. The van der Waals surface area contributed by atoms with Gasteiger partial charge in [0.2, 0.25) is 0 Å². The van der Waals surface area contributed by atoms with E-state index in [4.69, 9.17) is 0 Å². The molecule has 1 aromatic carbocycles. The van der Waals surface area contributed by atoms with Crippen LogP contribution in [0.4, 0.5) is 0 Å². The summed E-state index contributed by atoms with van der Waals surface area (Å²) >= 11 is -2.06. The maximum absolute atomic E-state index is 4.03. The van der Waals surface area contributed by atoms with Gasteiger partial charge in [0.15, 0.2) is 0 Å². The van der Waals surface area contributed by atoms with E-state index in [0.29, 0.717) is 0 Å². The van der Waals surface area contributed by atoms with Crippen LogP contribution >= 0.6 is 0 Å². The molecule has 102 valence electrons. The van der Waals surface area contributed by atoms with E-state index in [0.717, 1.165) is 6.54 Å². The van der Waals surface area contributed by atoms with E-state index in [1.165, 1.54) is 40.1 Å². The quantitative estimate of drug-likeness (QED) is 0.693. The Morgan fingerprint density at radius 2 is 1.67 bits per heavy atom. The molecule has 18 heavy (non-hydrogen) atoms. The van der Waals surface area contributed by atoms with E-state index in [1.54, 1.807) is 3.58 Å². The Bertz CT molecular complexity index is 341. The van der Waals surface area contributed by atoms with Gasteiger partial charge in [-0.3, -0.25) is 0 Å². The van der Waals surface area contributed by atoms with Crippen LogP contribution in [0.5, 0.6) is 0 Å². The summed E-state index contributed by atoms with van der Waals surface area (Å²) in [6.45, 7) is 5.56. The summed E-state index contributed by atoms with van der Waals surface area (Å²) < 4.78 is 4.77. The molecule has 0 aliphatic rings. The molecule has 1 rings (SSSR count). The van der Waals surface area contributed by atoms with Crippen molar-refractivity contribution in [3.8, 4) is 0 Å². The van der Waals surface area contributed by atoms with Crippen molar-refractivity contribution in [3.63, 3.8) is 0 Å². The van der Waals surface area contributed by atoms with Crippen molar-refractivity contribution < 1.29 is 5.73 Å². The number of hydrogen-bond donors (Lipinski definition) is 1. The van der Waals surface area contributed by atoms with Gasteiger partial charge in [0, 0.05) is 0 Å². The molecule has 0 saturated carbocycles. The Kier molecular flexibility index (Phi) is 7.31. The van der Waals surface area contributed by atoms with Gasteiger partial charge in [-0.25, -0.2) is 0 Å². The molecule has 0 spiro atoms. The van der Waals surface area contributed by atoms with Gasteiger partial charge in [-0.2, -0.15) is 0 Å². The number of hydrogen-bond acceptors (Lipinski definition) is 0. The van der Waals surface area contributed by atoms with Crippen LogP contribution in [0.2, 0.25) is 13.8 Å². The molecule has 1 nitrogen and oxygen atoms in total. The fourth-order valence-electron chi connectivity index (χ4n) is 2.65. The molecule has 0 atom stereocenters. The van der Waals surface area contributed by atoms with Crippen molar-refractivity contribution >= 4 is 22.0 Å². The van der Waals surface area contributed by atoms with Gasteiger partial charge in [-0.1, -0.05) is 0 Å². The Labute approximate surface area is 117 Å². The summed E-state index contributed by atoms with van der Waals surface area (Å²) in [5, 5.41) is 0. The number of unbranched alkanes of at least 4 members (excludes halogenated alkanes) is 2. The van der Waals surface area contributed by atoms with Crippen LogP contribution < -0.4 is 9.31 Å². The summed E-state index contributed by atoms with van der Waals surface area (Å²) in [5.74, 6) is 0. The van der Waals surface area contributed by atoms with Crippen LogP contribution in [0.25, 0.3) is 0 Å². The topological polar surface area (TPSA) is 27.6 Å². The van der Waals surface area contributed by atoms with E-state index in [2.05, 4.69) is 48.8 Å². The first-order valence-electron chi connectivity index (χ1n) is 7.55. The second-order valence-corrected chi connectivity index (χ2v) is 19.1. The van der Waals surface area contributed by atoms with Crippen molar-refractivity contribution in [1.29, 1.82) is 0 Å². The third-order valence-corrected chi connectivity index (χ3v) is 17.3. The first-order chi connectivity index (χ1) is 8.66. The molecule has 1 aromatic rings. The third kappa shape index (κ3) is 4.58. The summed E-state index contributed by atoms with van der Waals surface area (Å²) in [7, 11) is 0. The Balaban J connectivity index is 2.91. The monoisotopic (exact) mass is 356 g/mol. The second kappa shape index (κ2) is 8.21. The van der Waals surface area contributed by atoms with Crippen LogP contribution in [0, 0.1) is 0 Å². The fourth-order valence-corrected chi connectivity index (χ4v) is 14.4. The molecule has 2 heteroatoms. The zero-order valence-corrected chi connectivity index (χ0v) is 15.3. The molecule has 0 unspecified atom stereocenters. The predicted molar refractivity (Wildman–Crippen MR) is 83.7 cm³/mol. The number of rotatable bonds is 8. The molecular weight excluding hydrogens is 325 g/mol. The molecule has 0 radical (unpaired) electrons. The minimum absolute atomic E-state index is 0.928. The summed E-state index contributed by atoms with van der Waals surface area (Å²) in [4.78, 5) is 2.65. The van der Waals surface area contributed by atoms with Crippen molar-refractivity contribution in [2.45, 2.75) is 59.9 Å². The molecule has 0 fully saturated rings. The summed E-state index contributed by atoms with van der Waals surface area (Å²) in [5.41, 5.74) is 5.45. The van der Waals surface area contributed by atoms with Gasteiger partial charge in [0.25, 0.3) is 0 Å². The van der Waals surface area contributed by atoms with Crippen LogP contribution in [0.3, 0.4) is 0 Å². The van der Waals surface area contributed by atoms with Gasteiger partial charge in [0.1, 0.15) is 0 Å². The van der Waals surface area contributed by atoms with E-state index >= 15 is 0 Å². The number of benzene rings is 1. The van der Waals surface area contributed by atoms with Crippen molar-refractivity contribution in [2.24, 2.45) is 0 Å². The fraction of sp³-hybridized carbons (Fsp3) is 0.625. The van der Waals surface area contributed by atoms with Gasteiger partial charge < -0.3 is 0 Å². The van der Waals surface area contributed by atoms with Crippen LogP contribution in [0.15, 0.2) is 24.3 Å². The zero-order chi connectivity index (χ0) is 13.4. The molecule has 0 amide bonds. The molecule has 0 aromatic heterocycles. The van der Waals surface area contributed by atoms with Crippen LogP contribution in [-0.2, 0) is 6.54 Å². The molecule has 0 aliphatic heterocycles. The SMILES string of the molecule is CCC[CH2][Sn]([CH3])([CH2]CCC)[c]1cccc(C[NH3+])c1. The van der Waals surface area contributed by atoms with E-state index in [1.807, 2.05) is 0 Å². The van der Waals surface area contributed by atoms with E-state index in [-0.39, 0.29) is 0 Å². The Hall–Kier alpha value is -0.0213. The van der Waals surface area contributed by atoms with Gasteiger partial charge in [-0.15, -0.1) is 0 Å². The first kappa shape index (κ1) is 16.0. The average Bonchev–Trinajstić information content (AvgIpc) is 2.43. The number of quaternary nitrogens is 1. The molecule has 0 bridgehead atoms. The van der Waals surface area contributed by atoms with Gasteiger partial charge >= 0.3 is 117 Å². The van der Waals surface area contributed by atoms with Crippen molar-refractivity contribution in [2.75, 3.05) is 0 Å². The van der Waals surface area contributed by atoms with E-state index in [9.17, 15) is 0 Å². The minimum atomic E-state index is -2.06. The molecule has 0 aliphatic carbocycles. The average molecular weight is 355 g/mol. The second-order valence-electron chi connectivity index (χ2n) is 5.72. The standard InChI is InChI=1S/C7H8N.2C4H9.CH3.Sn/c8-6-7-4-2-1-3-5-7;2*1-3-4-2;;/h1-2,4-5H,6,8H2;2*1,3-4H2,2H3;1H3;/p+1. The predicted octanol–water partition coefficient (Wildman–Crippen LogP) is 3.31. The zero-order valence-electron chi connectivity index (χ0n) is 12.5. The normalized spacial score (nSPS) is 11.8.